The van der Waals surface area contributed by atoms with E-state index in [4.69, 9.17) is 11.6 Å². The molecular formula is C20H26ClN3O. The zero-order valence-corrected chi connectivity index (χ0v) is 16.2. The van der Waals surface area contributed by atoms with E-state index < -0.39 is 0 Å². The molecule has 0 unspecified atom stereocenters. The molecule has 0 atom stereocenters. The topological polar surface area (TPSA) is 36.4 Å². The van der Waals surface area contributed by atoms with Crippen LogP contribution in [0.3, 0.4) is 0 Å². The van der Waals surface area contributed by atoms with Gasteiger partial charge in [0.25, 0.3) is 0 Å². The predicted octanol–water partition coefficient (Wildman–Crippen LogP) is 4.93. The molecule has 0 bridgehead atoms. The molecule has 0 saturated heterocycles. The minimum Gasteiger partial charge on any atom is -0.331 e. The minimum absolute atomic E-state index is 0.0449. The third-order valence-corrected chi connectivity index (χ3v) is 5.34. The second-order valence-corrected chi connectivity index (χ2v) is 7.69. The summed E-state index contributed by atoms with van der Waals surface area (Å²) in [5.74, 6) is 0. The van der Waals surface area contributed by atoms with Crippen LogP contribution in [0.25, 0.3) is 10.9 Å². The summed E-state index contributed by atoms with van der Waals surface area (Å²) in [6.45, 7) is 4.65. The van der Waals surface area contributed by atoms with Crippen LogP contribution in [0.2, 0.25) is 5.15 Å². The molecule has 0 radical (unpaired) electrons. The molecule has 0 aliphatic heterocycles. The maximum absolute atomic E-state index is 12.7. The molecule has 0 spiro atoms. The van der Waals surface area contributed by atoms with Crippen molar-refractivity contribution in [3.05, 3.63) is 40.0 Å². The van der Waals surface area contributed by atoms with Gasteiger partial charge in [0.1, 0.15) is 5.15 Å². The summed E-state index contributed by atoms with van der Waals surface area (Å²) in [6.07, 6.45) is 4.50. The van der Waals surface area contributed by atoms with Crippen LogP contribution in [0.1, 0.15) is 42.4 Å². The van der Waals surface area contributed by atoms with Gasteiger partial charge in [-0.3, -0.25) is 0 Å². The molecule has 1 aromatic heterocycles. The van der Waals surface area contributed by atoms with Crippen LogP contribution in [0.15, 0.2) is 18.2 Å². The number of rotatable bonds is 3. The lowest BCUT2D eigenvalue weighted by molar-refractivity contribution is 0.146. The van der Waals surface area contributed by atoms with E-state index in [1.54, 1.807) is 19.0 Å². The number of amides is 2. The van der Waals surface area contributed by atoms with Crippen molar-refractivity contribution >= 4 is 28.5 Å². The van der Waals surface area contributed by atoms with Gasteiger partial charge in [-0.25, -0.2) is 9.78 Å². The highest BCUT2D eigenvalue weighted by atomic mass is 35.5. The lowest BCUT2D eigenvalue weighted by atomic mass is 10.0. The fourth-order valence-electron chi connectivity index (χ4n) is 3.79. The second kappa shape index (κ2) is 7.20. The summed E-state index contributed by atoms with van der Waals surface area (Å²) in [7, 11) is 3.61. The number of aryl methyl sites for hydroxylation is 2. The fourth-order valence-corrected chi connectivity index (χ4v) is 3.99. The third kappa shape index (κ3) is 3.74. The Hall–Kier alpha value is -1.81. The quantitative estimate of drug-likeness (QED) is 0.728. The zero-order chi connectivity index (χ0) is 18.1. The molecule has 1 aliphatic carbocycles. The van der Waals surface area contributed by atoms with Gasteiger partial charge in [-0.15, -0.1) is 0 Å². The van der Waals surface area contributed by atoms with Gasteiger partial charge in [-0.1, -0.05) is 36.1 Å². The Morgan fingerprint density at radius 2 is 1.88 bits per heavy atom. The number of hydrogen-bond donors (Lipinski definition) is 0. The first-order valence-corrected chi connectivity index (χ1v) is 9.29. The lowest BCUT2D eigenvalue weighted by Gasteiger charge is -2.31. The van der Waals surface area contributed by atoms with Gasteiger partial charge in [-0.05, 0) is 44.4 Å². The molecule has 2 amide bonds. The van der Waals surface area contributed by atoms with E-state index in [0.717, 1.165) is 34.9 Å². The highest BCUT2D eigenvalue weighted by molar-refractivity contribution is 6.30. The van der Waals surface area contributed by atoms with Crippen molar-refractivity contribution in [3.8, 4) is 0 Å². The number of urea groups is 1. The molecule has 1 aromatic carbocycles. The van der Waals surface area contributed by atoms with Crippen molar-refractivity contribution < 1.29 is 4.79 Å². The molecular weight excluding hydrogens is 334 g/mol. The molecule has 25 heavy (non-hydrogen) atoms. The van der Waals surface area contributed by atoms with Gasteiger partial charge in [0.15, 0.2) is 0 Å². The number of carbonyl (C=O) groups excluding carboxylic acids is 1. The third-order valence-electron chi connectivity index (χ3n) is 5.01. The maximum atomic E-state index is 12.7. The summed E-state index contributed by atoms with van der Waals surface area (Å²) >= 11 is 6.49. The summed E-state index contributed by atoms with van der Waals surface area (Å²) in [4.78, 5) is 20.9. The van der Waals surface area contributed by atoms with E-state index in [9.17, 15) is 4.79 Å². The van der Waals surface area contributed by atoms with E-state index in [1.807, 2.05) is 4.90 Å². The number of nitrogens with zero attached hydrogens (tertiary/aromatic N) is 3. The monoisotopic (exact) mass is 359 g/mol. The summed E-state index contributed by atoms with van der Waals surface area (Å²) in [5, 5.41) is 1.58. The molecule has 4 nitrogen and oxygen atoms in total. The van der Waals surface area contributed by atoms with Gasteiger partial charge in [-0.2, -0.15) is 0 Å². The molecule has 1 saturated carbocycles. The number of carbonyl (C=O) groups is 1. The maximum Gasteiger partial charge on any atom is 0.320 e. The van der Waals surface area contributed by atoms with Crippen molar-refractivity contribution in [2.45, 2.75) is 52.1 Å². The van der Waals surface area contributed by atoms with Gasteiger partial charge >= 0.3 is 6.03 Å². The van der Waals surface area contributed by atoms with Crippen molar-refractivity contribution in [2.75, 3.05) is 14.1 Å². The normalized spacial score (nSPS) is 14.9. The SMILES string of the molecule is Cc1cc(C)c2nc(Cl)c(CN(C(=O)N(C)C)C3CCCC3)cc2c1. The first-order chi connectivity index (χ1) is 11.9. The smallest absolute Gasteiger partial charge is 0.320 e. The van der Waals surface area contributed by atoms with Crippen molar-refractivity contribution in [3.63, 3.8) is 0 Å². The lowest BCUT2D eigenvalue weighted by Crippen LogP contribution is -2.44. The van der Waals surface area contributed by atoms with Crippen molar-refractivity contribution in [2.24, 2.45) is 0 Å². The van der Waals surface area contributed by atoms with Gasteiger partial charge in [0.05, 0.1) is 12.1 Å². The Labute approximate surface area is 154 Å². The van der Waals surface area contributed by atoms with Gasteiger partial charge in [0.2, 0.25) is 0 Å². The molecule has 1 fully saturated rings. The second-order valence-electron chi connectivity index (χ2n) is 7.34. The molecule has 134 valence electrons. The average Bonchev–Trinajstić information content (AvgIpc) is 3.07. The molecule has 5 heteroatoms. The number of hydrogen-bond acceptors (Lipinski definition) is 2. The number of benzene rings is 1. The van der Waals surface area contributed by atoms with Crippen LogP contribution < -0.4 is 0 Å². The van der Waals surface area contributed by atoms with E-state index >= 15 is 0 Å². The van der Waals surface area contributed by atoms with E-state index in [0.29, 0.717) is 17.7 Å². The molecule has 0 N–H and O–H groups in total. The van der Waals surface area contributed by atoms with E-state index in [2.05, 4.69) is 37.0 Å². The largest absolute Gasteiger partial charge is 0.331 e. The number of aromatic nitrogens is 1. The highest BCUT2D eigenvalue weighted by Crippen LogP contribution is 2.29. The predicted molar refractivity (Wildman–Crippen MR) is 103 cm³/mol. The van der Waals surface area contributed by atoms with Crippen LogP contribution in [-0.2, 0) is 6.54 Å². The summed E-state index contributed by atoms with van der Waals surface area (Å²) in [5.41, 5.74) is 4.18. The first-order valence-electron chi connectivity index (χ1n) is 8.91. The van der Waals surface area contributed by atoms with Gasteiger partial charge in [0, 0.05) is 31.1 Å². The number of pyridine rings is 1. The van der Waals surface area contributed by atoms with Crippen LogP contribution in [-0.4, -0.2) is 41.0 Å². The molecule has 3 rings (SSSR count). The Morgan fingerprint density at radius 3 is 2.52 bits per heavy atom. The summed E-state index contributed by atoms with van der Waals surface area (Å²) in [6, 6.07) is 6.67. The Bertz CT molecular complexity index is 797. The number of halogens is 1. The first kappa shape index (κ1) is 18.0. The average molecular weight is 360 g/mol. The van der Waals surface area contributed by atoms with Crippen LogP contribution >= 0.6 is 11.6 Å². The van der Waals surface area contributed by atoms with Gasteiger partial charge < -0.3 is 9.80 Å². The zero-order valence-electron chi connectivity index (χ0n) is 15.5. The van der Waals surface area contributed by atoms with Crippen LogP contribution in [0.5, 0.6) is 0 Å². The van der Waals surface area contributed by atoms with E-state index in [-0.39, 0.29) is 6.03 Å². The highest BCUT2D eigenvalue weighted by Gasteiger charge is 2.28. The van der Waals surface area contributed by atoms with Crippen LogP contribution in [0, 0.1) is 13.8 Å². The van der Waals surface area contributed by atoms with Crippen molar-refractivity contribution in [1.29, 1.82) is 0 Å². The van der Waals surface area contributed by atoms with E-state index in [1.165, 1.54) is 18.4 Å². The number of fused-ring (bicyclic) bond motifs is 1. The Balaban J connectivity index is 1.98. The van der Waals surface area contributed by atoms with Crippen LogP contribution in [0.4, 0.5) is 4.79 Å². The summed E-state index contributed by atoms with van der Waals surface area (Å²) < 4.78 is 0. The molecule has 1 heterocycles. The van der Waals surface area contributed by atoms with Crippen molar-refractivity contribution in [1.82, 2.24) is 14.8 Å². The molecule has 1 aliphatic rings. The minimum atomic E-state index is 0.0449. The Kier molecular flexibility index (Phi) is 5.19. The Morgan fingerprint density at radius 1 is 1.20 bits per heavy atom. The fraction of sp³-hybridized carbons (Fsp3) is 0.500. The molecule has 2 aromatic rings. The standard InChI is InChI=1S/C20H26ClN3O/c1-13-9-14(2)18-15(10-13)11-16(19(21)22-18)12-24(20(25)23(3)4)17-7-5-6-8-17/h9-11,17H,5-8,12H2,1-4H3.